The minimum Gasteiger partial charge on any atom is -0.347 e. The van der Waals surface area contributed by atoms with Gasteiger partial charge in [-0.05, 0) is 53.9 Å². The standard InChI is InChI=1S/C22H24N8O.C15H14ClN5O/c1-14(2)15-8-21(28-24-10-15)27-20-6-5-18-19(26-20)7-16(9-23-18)17-11-25-30(12-17)13-22(31)29(3)4;1-20(2)15(22)9-21-8-11(7-18-21)10-5-13-12(17-6-10)3-4-14(16)19-13/h5-12,14H,13H2,1-4H3,(H,26,27,28);3-8H,9H2,1-2H3. The fourth-order valence-electron chi connectivity index (χ4n) is 5.02. The van der Waals surface area contributed by atoms with Crippen LogP contribution in [0.25, 0.3) is 44.3 Å². The van der Waals surface area contributed by atoms with Crippen molar-refractivity contribution >= 4 is 57.1 Å². The monoisotopic (exact) mass is 731 g/mol. The normalized spacial score (nSPS) is 11.0. The Morgan fingerprint density at radius 2 is 1.23 bits per heavy atom. The molecule has 0 aliphatic heterocycles. The maximum Gasteiger partial charge on any atom is 0.243 e. The number of fused-ring (bicyclic) bond motifs is 2. The highest BCUT2D eigenvalue weighted by atomic mass is 35.5. The van der Waals surface area contributed by atoms with E-state index in [1.54, 1.807) is 79.5 Å². The maximum atomic E-state index is 11.9. The third kappa shape index (κ3) is 9.12. The molecule has 0 fully saturated rings. The highest BCUT2D eigenvalue weighted by Gasteiger charge is 2.11. The van der Waals surface area contributed by atoms with Crippen LogP contribution in [-0.4, -0.2) is 99.5 Å². The number of carbonyl (C=O) groups is 2. The second kappa shape index (κ2) is 15.9. The molecule has 0 saturated carbocycles. The molecule has 7 rings (SSSR count). The van der Waals surface area contributed by atoms with Gasteiger partial charge in [-0.2, -0.15) is 15.3 Å². The van der Waals surface area contributed by atoms with Crippen molar-refractivity contribution in [3.63, 3.8) is 0 Å². The minimum atomic E-state index is -0.0201. The molecule has 53 heavy (non-hydrogen) atoms. The van der Waals surface area contributed by atoms with Gasteiger partial charge in [0.05, 0.1) is 40.7 Å². The largest absolute Gasteiger partial charge is 0.347 e. The van der Waals surface area contributed by atoms with Crippen molar-refractivity contribution in [3.8, 4) is 22.3 Å². The van der Waals surface area contributed by atoms with E-state index in [0.717, 1.165) is 49.9 Å². The summed E-state index contributed by atoms with van der Waals surface area (Å²) in [4.78, 5) is 44.5. The Balaban J connectivity index is 0.000000192. The number of halogens is 1. The zero-order valence-electron chi connectivity index (χ0n) is 30.1. The first-order valence-corrected chi connectivity index (χ1v) is 17.0. The van der Waals surface area contributed by atoms with Gasteiger partial charge in [0.25, 0.3) is 0 Å². The molecule has 7 heterocycles. The number of rotatable bonds is 9. The van der Waals surface area contributed by atoms with Crippen LogP contribution in [0.4, 0.5) is 11.6 Å². The summed E-state index contributed by atoms with van der Waals surface area (Å²) in [5.41, 5.74) is 7.64. The van der Waals surface area contributed by atoms with Crippen molar-refractivity contribution in [2.75, 3.05) is 33.5 Å². The second-order valence-corrected chi connectivity index (χ2v) is 13.3. The lowest BCUT2D eigenvalue weighted by molar-refractivity contribution is -0.130. The molecular formula is C37H38ClN13O2. The molecule has 0 radical (unpaired) electrons. The lowest BCUT2D eigenvalue weighted by atomic mass is 10.1. The van der Waals surface area contributed by atoms with E-state index in [4.69, 9.17) is 11.6 Å². The van der Waals surface area contributed by atoms with Crippen LogP contribution >= 0.6 is 11.6 Å². The summed E-state index contributed by atoms with van der Waals surface area (Å²) in [6.07, 6.45) is 12.4. The maximum absolute atomic E-state index is 11.9. The summed E-state index contributed by atoms with van der Waals surface area (Å²) < 4.78 is 3.22. The predicted molar refractivity (Wildman–Crippen MR) is 203 cm³/mol. The summed E-state index contributed by atoms with van der Waals surface area (Å²) in [6, 6.07) is 13.1. The van der Waals surface area contributed by atoms with Gasteiger partial charge in [0.15, 0.2) is 5.82 Å². The Morgan fingerprint density at radius 1 is 0.679 bits per heavy atom. The van der Waals surface area contributed by atoms with E-state index in [0.29, 0.717) is 22.7 Å². The average molecular weight is 732 g/mol. The zero-order valence-corrected chi connectivity index (χ0v) is 30.9. The van der Waals surface area contributed by atoms with Gasteiger partial charge in [-0.3, -0.25) is 28.9 Å². The topological polar surface area (TPSA) is 166 Å². The number of pyridine rings is 4. The van der Waals surface area contributed by atoms with E-state index in [9.17, 15) is 9.59 Å². The van der Waals surface area contributed by atoms with E-state index >= 15 is 0 Å². The van der Waals surface area contributed by atoms with Gasteiger partial charge >= 0.3 is 0 Å². The van der Waals surface area contributed by atoms with E-state index in [2.05, 4.69) is 59.5 Å². The Kier molecular flexibility index (Phi) is 10.9. The Labute approximate surface area is 310 Å². The van der Waals surface area contributed by atoms with E-state index in [1.165, 1.54) is 4.90 Å². The molecule has 0 saturated heterocycles. The lowest BCUT2D eigenvalue weighted by Gasteiger charge is -2.09. The van der Waals surface area contributed by atoms with Gasteiger partial charge < -0.3 is 15.1 Å². The third-order valence-corrected chi connectivity index (χ3v) is 8.37. The van der Waals surface area contributed by atoms with Crippen LogP contribution in [0, 0.1) is 0 Å². The molecule has 7 aromatic rings. The van der Waals surface area contributed by atoms with Gasteiger partial charge in [0, 0.05) is 75.2 Å². The van der Waals surface area contributed by atoms with Crippen molar-refractivity contribution in [2.45, 2.75) is 32.9 Å². The van der Waals surface area contributed by atoms with E-state index in [-0.39, 0.29) is 24.9 Å². The van der Waals surface area contributed by atoms with Crippen LogP contribution in [0.3, 0.4) is 0 Å². The van der Waals surface area contributed by atoms with Crippen molar-refractivity contribution in [3.05, 3.63) is 96.6 Å². The first-order valence-electron chi connectivity index (χ1n) is 16.7. The van der Waals surface area contributed by atoms with Gasteiger partial charge in [-0.25, -0.2) is 9.97 Å². The molecule has 0 aromatic carbocycles. The van der Waals surface area contributed by atoms with Crippen molar-refractivity contribution in [2.24, 2.45) is 0 Å². The number of aromatic nitrogens is 10. The summed E-state index contributed by atoms with van der Waals surface area (Å²) >= 11 is 5.91. The molecule has 0 spiro atoms. The smallest absolute Gasteiger partial charge is 0.243 e. The van der Waals surface area contributed by atoms with Gasteiger partial charge in [0.2, 0.25) is 11.8 Å². The van der Waals surface area contributed by atoms with Crippen molar-refractivity contribution in [1.82, 2.24) is 59.5 Å². The fourth-order valence-corrected chi connectivity index (χ4v) is 5.18. The molecule has 16 heteroatoms. The zero-order chi connectivity index (χ0) is 37.6. The Hall–Kier alpha value is -6.35. The van der Waals surface area contributed by atoms with Crippen LogP contribution < -0.4 is 5.32 Å². The average Bonchev–Trinajstić information content (AvgIpc) is 3.81. The van der Waals surface area contributed by atoms with Crippen LogP contribution in [0.1, 0.15) is 25.3 Å². The molecule has 15 nitrogen and oxygen atoms in total. The summed E-state index contributed by atoms with van der Waals surface area (Å²) in [5.74, 6) is 1.64. The number of anilines is 2. The van der Waals surface area contributed by atoms with Crippen LogP contribution in [0.2, 0.25) is 5.15 Å². The first-order chi connectivity index (χ1) is 25.4. The molecule has 0 aliphatic rings. The summed E-state index contributed by atoms with van der Waals surface area (Å²) in [7, 11) is 6.88. The van der Waals surface area contributed by atoms with Gasteiger partial charge in [-0.15, -0.1) is 5.10 Å². The molecule has 0 aliphatic carbocycles. The Morgan fingerprint density at radius 3 is 1.77 bits per heavy atom. The number of hydrogen-bond donors (Lipinski definition) is 1. The van der Waals surface area contributed by atoms with Gasteiger partial charge in [-0.1, -0.05) is 25.4 Å². The highest BCUT2D eigenvalue weighted by Crippen LogP contribution is 2.25. The van der Waals surface area contributed by atoms with Crippen LogP contribution in [0.15, 0.2) is 85.8 Å². The number of nitrogens with one attached hydrogen (secondary N) is 1. The van der Waals surface area contributed by atoms with Gasteiger partial charge in [0.1, 0.15) is 24.1 Å². The number of likely N-dealkylation sites (N-methyl/N-ethyl adjacent to an activating group) is 2. The van der Waals surface area contributed by atoms with E-state index < -0.39 is 0 Å². The fraction of sp³-hybridized carbons (Fsp3) is 0.243. The molecule has 0 unspecified atom stereocenters. The predicted octanol–water partition coefficient (Wildman–Crippen LogP) is 5.47. The first kappa shape index (κ1) is 36.4. The summed E-state index contributed by atoms with van der Waals surface area (Å²) in [6.45, 7) is 4.62. The molecule has 0 atom stereocenters. The third-order valence-electron chi connectivity index (χ3n) is 8.16. The van der Waals surface area contributed by atoms with Crippen molar-refractivity contribution < 1.29 is 9.59 Å². The molecular weight excluding hydrogens is 694 g/mol. The van der Waals surface area contributed by atoms with Crippen LogP contribution in [0.5, 0.6) is 0 Å². The van der Waals surface area contributed by atoms with E-state index in [1.807, 2.05) is 48.8 Å². The summed E-state index contributed by atoms with van der Waals surface area (Å²) in [5, 5.41) is 20.3. The number of hydrogen-bond acceptors (Lipinski definition) is 11. The molecule has 270 valence electrons. The molecule has 2 amide bonds. The molecule has 7 aromatic heterocycles. The Bertz CT molecular complexity index is 2400. The quantitative estimate of drug-likeness (QED) is 0.187. The lowest BCUT2D eigenvalue weighted by Crippen LogP contribution is -2.26. The number of carbonyl (C=O) groups excluding carboxylic acids is 2. The second-order valence-electron chi connectivity index (χ2n) is 12.9. The molecule has 1 N–H and O–H groups in total. The van der Waals surface area contributed by atoms with Crippen molar-refractivity contribution in [1.29, 1.82) is 0 Å². The highest BCUT2D eigenvalue weighted by molar-refractivity contribution is 6.29. The number of nitrogens with zero attached hydrogens (tertiary/aromatic N) is 12. The molecule has 0 bridgehead atoms. The van der Waals surface area contributed by atoms with Crippen LogP contribution in [-0.2, 0) is 22.7 Å². The SMILES string of the molecule is CC(C)c1cnnc(Nc2ccc3ncc(-c4cnn(CC(=O)N(C)C)c4)cc3n2)c1.CN(C)C(=O)Cn1cc(-c2cnc3ccc(Cl)nc3c2)cn1. The minimum absolute atomic E-state index is 0.0141. The number of amides is 2.